The summed E-state index contributed by atoms with van der Waals surface area (Å²) in [6.45, 7) is 11.9. The largest absolute Gasteiger partial charge is 0.465 e. The number of likely N-dealkylation sites (N-methyl/N-ethyl adjacent to an activating group) is 1. The smallest absolute Gasteiger partial charge is 0.348 e. The average Bonchev–Trinajstić information content (AvgIpc) is 3.55. The lowest BCUT2D eigenvalue weighted by Gasteiger charge is -2.30. The summed E-state index contributed by atoms with van der Waals surface area (Å²) in [6, 6.07) is 4.43. The number of thiophene rings is 2. The van der Waals surface area contributed by atoms with Gasteiger partial charge in [-0.15, -0.1) is 22.7 Å². The van der Waals surface area contributed by atoms with Crippen molar-refractivity contribution in [2.24, 2.45) is 0 Å². The van der Waals surface area contributed by atoms with Crippen LogP contribution in [-0.4, -0.2) is 60.2 Å². The van der Waals surface area contributed by atoms with Crippen LogP contribution in [0, 0.1) is 0 Å². The second-order valence-corrected chi connectivity index (χ2v) is 11.6. The number of aromatic nitrogens is 1. The number of hydrogen-bond acceptors (Lipinski definition) is 6. The maximum absolute atomic E-state index is 12.4. The van der Waals surface area contributed by atoms with Gasteiger partial charge in [0.25, 0.3) is 0 Å². The molecule has 4 heterocycles. The second-order valence-electron chi connectivity index (χ2n) is 9.64. The molecule has 0 amide bonds. The van der Waals surface area contributed by atoms with Gasteiger partial charge in [0.05, 0.1) is 27.9 Å². The first-order valence-corrected chi connectivity index (χ1v) is 14.6. The van der Waals surface area contributed by atoms with Crippen LogP contribution >= 0.6 is 22.7 Å². The highest BCUT2D eigenvalue weighted by atomic mass is 32.1. The Kier molecular flexibility index (Phi) is 7.44. The van der Waals surface area contributed by atoms with E-state index in [2.05, 4.69) is 45.7 Å². The third-order valence-electron chi connectivity index (χ3n) is 7.80. The van der Waals surface area contributed by atoms with E-state index in [1.807, 2.05) is 11.3 Å². The van der Waals surface area contributed by atoms with E-state index in [9.17, 15) is 4.79 Å². The summed E-state index contributed by atoms with van der Waals surface area (Å²) in [5.74, 6) is 0.374. The summed E-state index contributed by atoms with van der Waals surface area (Å²) < 4.78 is 8.96. The summed E-state index contributed by atoms with van der Waals surface area (Å²) in [5, 5.41) is 2.27. The summed E-state index contributed by atoms with van der Waals surface area (Å²) in [6.07, 6.45) is 6.48. The van der Waals surface area contributed by atoms with Gasteiger partial charge >= 0.3 is 5.97 Å². The summed E-state index contributed by atoms with van der Waals surface area (Å²) in [7, 11) is 1.48. The first-order valence-electron chi connectivity index (χ1n) is 12.9. The molecule has 0 unspecified atom stereocenters. The van der Waals surface area contributed by atoms with Crippen LogP contribution in [0.25, 0.3) is 20.8 Å². The number of methoxy groups -OCH3 is 1. The van der Waals surface area contributed by atoms with Crippen LogP contribution in [0.15, 0.2) is 17.5 Å². The van der Waals surface area contributed by atoms with Crippen molar-refractivity contribution in [2.45, 2.75) is 65.0 Å². The van der Waals surface area contributed by atoms with E-state index in [4.69, 9.17) is 4.74 Å². The summed E-state index contributed by atoms with van der Waals surface area (Å²) in [4.78, 5) is 19.7. The van der Waals surface area contributed by atoms with Gasteiger partial charge in [0, 0.05) is 32.7 Å². The Morgan fingerprint density at radius 3 is 2.71 bits per heavy atom. The molecule has 5 rings (SSSR count). The van der Waals surface area contributed by atoms with Crippen molar-refractivity contribution in [1.29, 1.82) is 0 Å². The van der Waals surface area contributed by atoms with E-state index in [1.165, 1.54) is 71.1 Å². The third-order valence-corrected chi connectivity index (χ3v) is 9.90. The number of hydrogen-bond donors (Lipinski definition) is 0. The number of esters is 1. The lowest BCUT2D eigenvalue weighted by molar-refractivity contribution is 0.0606. The third kappa shape index (κ3) is 4.48. The molecule has 0 N–H and O–H groups in total. The predicted molar refractivity (Wildman–Crippen MR) is 143 cm³/mol. The van der Waals surface area contributed by atoms with E-state index < -0.39 is 0 Å². The van der Waals surface area contributed by atoms with Crippen molar-refractivity contribution in [3.05, 3.63) is 33.5 Å². The van der Waals surface area contributed by atoms with Crippen LogP contribution in [0.3, 0.4) is 0 Å². The lowest BCUT2D eigenvalue weighted by Crippen LogP contribution is -2.37. The molecular formula is C27H37N3O2S2. The number of carbonyl (C=O) groups is 1. The van der Waals surface area contributed by atoms with E-state index >= 15 is 0 Å². The van der Waals surface area contributed by atoms with Crippen LogP contribution in [-0.2, 0) is 17.8 Å². The number of nitrogens with zero attached hydrogens (tertiary/aromatic N) is 3. The van der Waals surface area contributed by atoms with Gasteiger partial charge in [0.15, 0.2) is 0 Å². The second kappa shape index (κ2) is 10.5. The molecule has 184 valence electrons. The van der Waals surface area contributed by atoms with Crippen molar-refractivity contribution in [2.75, 3.05) is 39.8 Å². The molecule has 2 aliphatic rings. The van der Waals surface area contributed by atoms with Gasteiger partial charge < -0.3 is 14.2 Å². The molecule has 3 aromatic rings. The standard InChI is InChI=1S/C27H37N3O2S2/c1-4-28(5-2)12-13-29-14-15-30-21-17-22(27(31)32-3)34-26(21)23(19-9-7-6-8-10-19)24(30)25-20(18-29)11-16-33-25/h11,16-17,19H,4-10,12-15,18H2,1-3H3. The Labute approximate surface area is 211 Å². The zero-order chi connectivity index (χ0) is 23.7. The molecular weight excluding hydrogens is 462 g/mol. The number of ether oxygens (including phenoxy) is 1. The van der Waals surface area contributed by atoms with E-state index in [1.54, 1.807) is 11.3 Å². The Balaban J connectivity index is 1.59. The van der Waals surface area contributed by atoms with Crippen molar-refractivity contribution in [3.63, 3.8) is 0 Å². The topological polar surface area (TPSA) is 37.7 Å². The first-order chi connectivity index (χ1) is 16.6. The molecule has 0 bridgehead atoms. The van der Waals surface area contributed by atoms with Gasteiger partial charge in [-0.2, -0.15) is 0 Å². The minimum Gasteiger partial charge on any atom is -0.465 e. The number of rotatable bonds is 7. The molecule has 1 aliphatic carbocycles. The Morgan fingerprint density at radius 1 is 1.18 bits per heavy atom. The molecule has 0 radical (unpaired) electrons. The van der Waals surface area contributed by atoms with Crippen LogP contribution in [0.1, 0.15) is 72.7 Å². The van der Waals surface area contributed by atoms with Crippen molar-refractivity contribution in [1.82, 2.24) is 14.4 Å². The summed E-state index contributed by atoms with van der Waals surface area (Å²) in [5.41, 5.74) is 5.64. The van der Waals surface area contributed by atoms with Gasteiger partial charge in [-0.05, 0) is 60.5 Å². The fourth-order valence-corrected chi connectivity index (χ4v) is 8.03. The molecule has 34 heavy (non-hydrogen) atoms. The molecule has 5 nitrogen and oxygen atoms in total. The van der Waals surface area contributed by atoms with Crippen molar-refractivity contribution < 1.29 is 9.53 Å². The van der Waals surface area contributed by atoms with Crippen molar-refractivity contribution in [3.8, 4) is 10.6 Å². The van der Waals surface area contributed by atoms with Crippen LogP contribution in [0.5, 0.6) is 0 Å². The maximum atomic E-state index is 12.4. The van der Waals surface area contributed by atoms with Crippen molar-refractivity contribution >= 4 is 38.9 Å². The summed E-state index contributed by atoms with van der Waals surface area (Å²) >= 11 is 3.54. The van der Waals surface area contributed by atoms with Gasteiger partial charge in [-0.3, -0.25) is 4.90 Å². The van der Waals surface area contributed by atoms with Gasteiger partial charge in [0.1, 0.15) is 4.88 Å². The van der Waals surface area contributed by atoms with Crippen LogP contribution < -0.4 is 0 Å². The molecule has 3 aromatic heterocycles. The fraction of sp³-hybridized carbons (Fsp3) is 0.593. The fourth-order valence-electron chi connectivity index (χ4n) is 5.84. The zero-order valence-corrected chi connectivity index (χ0v) is 22.4. The SMILES string of the molecule is CCN(CC)CCN1CCn2c(c(C3CCCCC3)c3sc(C(=O)OC)cc32)-c2sccc2C1. The van der Waals surface area contributed by atoms with Gasteiger partial charge in [0.2, 0.25) is 0 Å². The lowest BCUT2D eigenvalue weighted by atomic mass is 9.83. The molecule has 0 aromatic carbocycles. The number of carbonyl (C=O) groups excluding carboxylic acids is 1. The highest BCUT2D eigenvalue weighted by Crippen LogP contribution is 2.49. The highest BCUT2D eigenvalue weighted by Gasteiger charge is 2.31. The normalized spacial score (nSPS) is 17.5. The quantitative estimate of drug-likeness (QED) is 0.352. The Morgan fingerprint density at radius 2 is 1.97 bits per heavy atom. The molecule has 1 fully saturated rings. The van der Waals surface area contributed by atoms with Crippen LogP contribution in [0.4, 0.5) is 0 Å². The minimum atomic E-state index is -0.214. The average molecular weight is 500 g/mol. The Bertz CT molecular complexity index is 1130. The van der Waals surface area contributed by atoms with Crippen LogP contribution in [0.2, 0.25) is 0 Å². The zero-order valence-electron chi connectivity index (χ0n) is 20.8. The van der Waals surface area contributed by atoms with E-state index in [-0.39, 0.29) is 5.97 Å². The van der Waals surface area contributed by atoms with Gasteiger partial charge in [-0.1, -0.05) is 33.1 Å². The maximum Gasteiger partial charge on any atom is 0.348 e. The minimum absolute atomic E-state index is 0.214. The molecule has 7 heteroatoms. The highest BCUT2D eigenvalue weighted by molar-refractivity contribution is 7.21. The van der Waals surface area contributed by atoms with Gasteiger partial charge in [-0.25, -0.2) is 4.79 Å². The first kappa shape index (κ1) is 24.0. The monoisotopic (exact) mass is 499 g/mol. The molecule has 0 saturated heterocycles. The molecule has 1 aliphatic heterocycles. The van der Waals surface area contributed by atoms with E-state index in [0.717, 1.165) is 50.7 Å². The predicted octanol–water partition coefficient (Wildman–Crippen LogP) is 6.42. The van der Waals surface area contributed by atoms with E-state index in [0.29, 0.717) is 5.92 Å². The number of fused-ring (bicyclic) bond motifs is 5. The Hall–Kier alpha value is -1.67. The molecule has 1 saturated carbocycles. The molecule has 0 atom stereocenters. The molecule has 0 spiro atoms.